The molecule has 2 aliphatic rings. The Kier molecular flexibility index (Phi) is 5.16. The molecule has 0 bridgehead atoms. The van der Waals surface area contributed by atoms with E-state index in [1.807, 2.05) is 0 Å². The average molecular weight is 357 g/mol. The predicted molar refractivity (Wildman–Crippen MR) is 98.8 cm³/mol. The van der Waals surface area contributed by atoms with Crippen LogP contribution in [0.5, 0.6) is 0 Å². The molecule has 4 rings (SSSR count). The van der Waals surface area contributed by atoms with Crippen molar-refractivity contribution in [2.75, 3.05) is 19.6 Å². The Balaban J connectivity index is 1.52. The zero-order valence-electron chi connectivity index (χ0n) is 14.9. The van der Waals surface area contributed by atoms with Gasteiger partial charge in [-0.15, -0.1) is 0 Å². The molecule has 5 heteroatoms. The fourth-order valence-corrected chi connectivity index (χ4v) is 4.37. The standard InChI is InChI=1S/C21H25F2N3/c22-17-8-9-20(23)18(11-17)19-12-24-25-21(19)16-7-4-10-26(14-16)13-15-5-2-1-3-6-15/h1-2,8-9,11-12,15-16H,3-7,10,13-14H2,(H,24,25)/t15-,16-/m1/s1. The lowest BCUT2D eigenvalue weighted by atomic mass is 9.88. The van der Waals surface area contributed by atoms with Gasteiger partial charge in [0.15, 0.2) is 0 Å². The zero-order valence-corrected chi connectivity index (χ0v) is 14.9. The van der Waals surface area contributed by atoms with Crippen LogP contribution in [0.3, 0.4) is 0 Å². The highest BCUT2D eigenvalue weighted by Crippen LogP contribution is 2.35. The molecule has 0 spiro atoms. The Bertz CT molecular complexity index is 783. The molecule has 2 heterocycles. The molecule has 1 aromatic heterocycles. The number of H-pyrrole nitrogens is 1. The number of piperidine rings is 1. The molecule has 2 aromatic rings. The van der Waals surface area contributed by atoms with Gasteiger partial charge in [-0.05, 0) is 62.8 Å². The van der Waals surface area contributed by atoms with E-state index in [9.17, 15) is 8.78 Å². The second-order valence-corrected chi connectivity index (χ2v) is 7.57. The highest BCUT2D eigenvalue weighted by molar-refractivity contribution is 5.66. The van der Waals surface area contributed by atoms with E-state index in [2.05, 4.69) is 27.2 Å². The van der Waals surface area contributed by atoms with Crippen molar-refractivity contribution in [3.05, 3.63) is 53.9 Å². The lowest BCUT2D eigenvalue weighted by Crippen LogP contribution is -2.38. The van der Waals surface area contributed by atoms with Crippen molar-refractivity contribution >= 4 is 0 Å². The molecule has 26 heavy (non-hydrogen) atoms. The monoisotopic (exact) mass is 357 g/mol. The van der Waals surface area contributed by atoms with Gasteiger partial charge < -0.3 is 4.90 Å². The van der Waals surface area contributed by atoms with E-state index < -0.39 is 11.6 Å². The molecule has 1 saturated heterocycles. The first kappa shape index (κ1) is 17.4. The minimum absolute atomic E-state index is 0.281. The second kappa shape index (κ2) is 7.70. The molecule has 1 aromatic carbocycles. The van der Waals surface area contributed by atoms with Gasteiger partial charge in [0.2, 0.25) is 0 Å². The van der Waals surface area contributed by atoms with Crippen LogP contribution in [0.1, 0.15) is 43.7 Å². The molecule has 0 radical (unpaired) electrons. The van der Waals surface area contributed by atoms with Gasteiger partial charge in [0, 0.05) is 35.8 Å². The fraction of sp³-hybridized carbons (Fsp3) is 0.476. The van der Waals surface area contributed by atoms with Gasteiger partial charge in [0.25, 0.3) is 0 Å². The minimum atomic E-state index is -0.427. The van der Waals surface area contributed by atoms with Gasteiger partial charge in [-0.2, -0.15) is 5.10 Å². The van der Waals surface area contributed by atoms with Crippen molar-refractivity contribution in [3.8, 4) is 11.1 Å². The van der Waals surface area contributed by atoms with Crippen LogP contribution in [0.15, 0.2) is 36.5 Å². The maximum atomic E-state index is 14.2. The van der Waals surface area contributed by atoms with E-state index in [-0.39, 0.29) is 5.92 Å². The summed E-state index contributed by atoms with van der Waals surface area (Å²) in [6.07, 6.45) is 12.0. The third kappa shape index (κ3) is 3.73. The molecule has 0 saturated carbocycles. The van der Waals surface area contributed by atoms with E-state index in [1.54, 1.807) is 6.20 Å². The molecule has 1 aliphatic carbocycles. The number of aromatic nitrogens is 2. The highest BCUT2D eigenvalue weighted by Gasteiger charge is 2.27. The minimum Gasteiger partial charge on any atom is -0.302 e. The summed E-state index contributed by atoms with van der Waals surface area (Å²) >= 11 is 0. The molecule has 1 N–H and O–H groups in total. The summed E-state index contributed by atoms with van der Waals surface area (Å²) < 4.78 is 27.9. The van der Waals surface area contributed by atoms with Crippen LogP contribution in [-0.4, -0.2) is 34.7 Å². The van der Waals surface area contributed by atoms with Crippen molar-refractivity contribution in [1.29, 1.82) is 0 Å². The number of halogens is 2. The van der Waals surface area contributed by atoms with Crippen LogP contribution in [0, 0.1) is 17.6 Å². The maximum Gasteiger partial charge on any atom is 0.131 e. The van der Waals surface area contributed by atoms with Crippen molar-refractivity contribution in [1.82, 2.24) is 15.1 Å². The first-order valence-corrected chi connectivity index (χ1v) is 9.56. The topological polar surface area (TPSA) is 31.9 Å². The zero-order chi connectivity index (χ0) is 17.9. The number of hydrogen-bond acceptors (Lipinski definition) is 2. The number of nitrogens with one attached hydrogen (secondary N) is 1. The first-order valence-electron chi connectivity index (χ1n) is 9.56. The Morgan fingerprint density at radius 2 is 2.08 bits per heavy atom. The summed E-state index contributed by atoms with van der Waals surface area (Å²) in [5.41, 5.74) is 1.92. The normalized spacial score (nSPS) is 24.1. The highest BCUT2D eigenvalue weighted by atomic mass is 19.1. The van der Waals surface area contributed by atoms with Gasteiger partial charge in [0.05, 0.1) is 6.20 Å². The third-order valence-electron chi connectivity index (χ3n) is 5.70. The van der Waals surface area contributed by atoms with E-state index >= 15 is 0 Å². The molecule has 0 amide bonds. The van der Waals surface area contributed by atoms with Crippen LogP contribution in [0.25, 0.3) is 11.1 Å². The van der Waals surface area contributed by atoms with Crippen LogP contribution in [-0.2, 0) is 0 Å². The fourth-order valence-electron chi connectivity index (χ4n) is 4.37. The lowest BCUT2D eigenvalue weighted by molar-refractivity contribution is 0.173. The summed E-state index contributed by atoms with van der Waals surface area (Å²) in [7, 11) is 0. The molecule has 1 fully saturated rings. The van der Waals surface area contributed by atoms with Crippen LogP contribution in [0.2, 0.25) is 0 Å². The van der Waals surface area contributed by atoms with Gasteiger partial charge in [-0.1, -0.05) is 12.2 Å². The van der Waals surface area contributed by atoms with Crippen LogP contribution >= 0.6 is 0 Å². The Labute approximate surface area is 153 Å². The van der Waals surface area contributed by atoms with Crippen LogP contribution < -0.4 is 0 Å². The maximum absolute atomic E-state index is 14.2. The second-order valence-electron chi connectivity index (χ2n) is 7.57. The Morgan fingerprint density at radius 3 is 2.92 bits per heavy atom. The largest absolute Gasteiger partial charge is 0.302 e. The number of hydrogen-bond donors (Lipinski definition) is 1. The lowest BCUT2D eigenvalue weighted by Gasteiger charge is -2.35. The average Bonchev–Trinajstić information content (AvgIpc) is 3.14. The van der Waals surface area contributed by atoms with E-state index in [4.69, 9.17) is 0 Å². The van der Waals surface area contributed by atoms with Crippen molar-refractivity contribution in [2.24, 2.45) is 5.92 Å². The summed E-state index contributed by atoms with van der Waals surface area (Å²) in [6.45, 7) is 3.19. The quantitative estimate of drug-likeness (QED) is 0.790. The number of benzene rings is 1. The van der Waals surface area contributed by atoms with E-state index in [1.165, 1.54) is 31.4 Å². The smallest absolute Gasteiger partial charge is 0.131 e. The number of likely N-dealkylation sites (tertiary alicyclic amines) is 1. The third-order valence-corrected chi connectivity index (χ3v) is 5.70. The number of rotatable bonds is 4. The first-order chi connectivity index (χ1) is 12.7. The summed E-state index contributed by atoms with van der Waals surface area (Å²) in [6, 6.07) is 3.60. The Morgan fingerprint density at radius 1 is 1.15 bits per heavy atom. The van der Waals surface area contributed by atoms with Gasteiger partial charge in [-0.25, -0.2) is 8.78 Å². The summed E-state index contributed by atoms with van der Waals surface area (Å²) in [4.78, 5) is 2.53. The SMILES string of the molecule is Fc1ccc(F)c(-c2cn[nH]c2[C@@H]2CCCN(C[C@@H]3CC=CCC3)C2)c1. The Hall–Kier alpha value is -2.01. The molecule has 138 valence electrons. The van der Waals surface area contributed by atoms with Gasteiger partial charge in [0.1, 0.15) is 11.6 Å². The molecule has 0 unspecified atom stereocenters. The number of aromatic amines is 1. The van der Waals surface area contributed by atoms with Gasteiger partial charge >= 0.3 is 0 Å². The molecule has 3 nitrogen and oxygen atoms in total. The number of allylic oxidation sites excluding steroid dienone is 2. The molecule has 2 atom stereocenters. The van der Waals surface area contributed by atoms with Crippen molar-refractivity contribution < 1.29 is 8.78 Å². The van der Waals surface area contributed by atoms with Crippen LogP contribution in [0.4, 0.5) is 8.78 Å². The molecular formula is C21H25F2N3. The van der Waals surface area contributed by atoms with Gasteiger partial charge in [-0.3, -0.25) is 5.10 Å². The molecule has 1 aliphatic heterocycles. The summed E-state index contributed by atoms with van der Waals surface area (Å²) in [5, 5.41) is 7.21. The van der Waals surface area contributed by atoms with E-state index in [0.717, 1.165) is 50.2 Å². The molecular weight excluding hydrogens is 332 g/mol. The van der Waals surface area contributed by atoms with Crippen molar-refractivity contribution in [2.45, 2.75) is 38.0 Å². The van der Waals surface area contributed by atoms with E-state index in [0.29, 0.717) is 11.1 Å². The summed E-state index contributed by atoms with van der Waals surface area (Å²) in [5.74, 6) is 0.184. The van der Waals surface area contributed by atoms with Crippen molar-refractivity contribution in [3.63, 3.8) is 0 Å². The predicted octanol–water partition coefficient (Wildman–Crippen LogP) is 4.89. The number of nitrogens with zero attached hydrogens (tertiary/aromatic N) is 2.